The number of aromatic nitrogens is 1. The van der Waals surface area contributed by atoms with Gasteiger partial charge in [-0.15, -0.1) is 0 Å². The number of hydrogen-bond donors (Lipinski definition) is 1. The van der Waals surface area contributed by atoms with Gasteiger partial charge in [-0.1, -0.05) is 5.16 Å². The van der Waals surface area contributed by atoms with Gasteiger partial charge in [0.1, 0.15) is 6.26 Å². The highest BCUT2D eigenvalue weighted by Gasteiger charge is 2.29. The standard InChI is InChI=1S/C11H14N2O5/c14-10(5-8-1-3-18-12-8)13-2-4-17-7-9(13)6-11(15)16/h1,3,9H,2,4-7H2,(H,15,16). The second-order valence-corrected chi connectivity index (χ2v) is 4.08. The Hall–Kier alpha value is -1.89. The largest absolute Gasteiger partial charge is 0.481 e. The van der Waals surface area contributed by atoms with E-state index in [1.165, 1.54) is 6.26 Å². The van der Waals surface area contributed by atoms with Gasteiger partial charge >= 0.3 is 5.97 Å². The summed E-state index contributed by atoms with van der Waals surface area (Å²) >= 11 is 0. The molecule has 1 aliphatic rings. The van der Waals surface area contributed by atoms with E-state index in [4.69, 9.17) is 9.84 Å². The molecule has 1 fully saturated rings. The van der Waals surface area contributed by atoms with Gasteiger partial charge in [-0.3, -0.25) is 9.59 Å². The minimum Gasteiger partial charge on any atom is -0.481 e. The fraction of sp³-hybridized carbons (Fsp3) is 0.545. The monoisotopic (exact) mass is 254 g/mol. The highest BCUT2D eigenvalue weighted by atomic mass is 16.5. The molecule has 18 heavy (non-hydrogen) atoms. The number of amides is 1. The topological polar surface area (TPSA) is 92.9 Å². The lowest BCUT2D eigenvalue weighted by Crippen LogP contribution is -2.50. The van der Waals surface area contributed by atoms with Crippen LogP contribution in [0, 0.1) is 0 Å². The first-order valence-electron chi connectivity index (χ1n) is 5.65. The molecule has 0 aliphatic carbocycles. The molecule has 2 rings (SSSR count). The minimum atomic E-state index is -0.940. The van der Waals surface area contributed by atoms with Crippen molar-refractivity contribution in [3.63, 3.8) is 0 Å². The lowest BCUT2D eigenvalue weighted by atomic mass is 10.1. The van der Waals surface area contributed by atoms with Crippen LogP contribution in [-0.4, -0.2) is 52.8 Å². The fourth-order valence-electron chi connectivity index (χ4n) is 1.94. The van der Waals surface area contributed by atoms with Crippen LogP contribution in [0.25, 0.3) is 0 Å². The molecule has 1 saturated heterocycles. The first-order chi connectivity index (χ1) is 8.66. The van der Waals surface area contributed by atoms with Crippen molar-refractivity contribution in [2.24, 2.45) is 0 Å². The smallest absolute Gasteiger partial charge is 0.305 e. The number of aliphatic carboxylic acids is 1. The van der Waals surface area contributed by atoms with Gasteiger partial charge < -0.3 is 19.3 Å². The third-order valence-corrected chi connectivity index (χ3v) is 2.78. The number of carbonyl (C=O) groups excluding carboxylic acids is 1. The Balaban J connectivity index is 1.99. The summed E-state index contributed by atoms with van der Waals surface area (Å²) in [5.74, 6) is -1.09. The number of carbonyl (C=O) groups is 2. The summed E-state index contributed by atoms with van der Waals surface area (Å²) in [6.07, 6.45) is 1.41. The molecule has 1 aromatic heterocycles. The van der Waals surface area contributed by atoms with Crippen LogP contribution in [-0.2, 0) is 20.7 Å². The van der Waals surface area contributed by atoms with Gasteiger partial charge in [0.15, 0.2) is 0 Å². The predicted molar refractivity (Wildman–Crippen MR) is 58.8 cm³/mol. The second kappa shape index (κ2) is 5.63. The van der Waals surface area contributed by atoms with Gasteiger partial charge in [-0.05, 0) is 0 Å². The lowest BCUT2D eigenvalue weighted by Gasteiger charge is -2.34. The Kier molecular flexibility index (Phi) is 3.93. The maximum Gasteiger partial charge on any atom is 0.305 e. The zero-order chi connectivity index (χ0) is 13.0. The van der Waals surface area contributed by atoms with Crippen molar-refractivity contribution in [1.29, 1.82) is 0 Å². The maximum atomic E-state index is 12.1. The number of morpholine rings is 1. The molecule has 1 unspecified atom stereocenters. The number of carboxylic acid groups (broad SMARTS) is 1. The number of hydrogen-bond acceptors (Lipinski definition) is 5. The molecule has 1 atom stereocenters. The summed E-state index contributed by atoms with van der Waals surface area (Å²) in [5, 5.41) is 12.5. The normalized spacial score (nSPS) is 19.8. The Morgan fingerprint density at radius 2 is 2.39 bits per heavy atom. The van der Waals surface area contributed by atoms with Crippen LogP contribution < -0.4 is 0 Å². The van der Waals surface area contributed by atoms with E-state index in [0.29, 0.717) is 18.8 Å². The summed E-state index contributed by atoms with van der Waals surface area (Å²) in [4.78, 5) is 24.3. The molecule has 0 spiro atoms. The molecule has 7 nitrogen and oxygen atoms in total. The van der Waals surface area contributed by atoms with Crippen molar-refractivity contribution >= 4 is 11.9 Å². The van der Waals surface area contributed by atoms with E-state index in [9.17, 15) is 9.59 Å². The van der Waals surface area contributed by atoms with E-state index in [-0.39, 0.29) is 25.4 Å². The Morgan fingerprint density at radius 3 is 3.06 bits per heavy atom. The number of rotatable bonds is 4. The van der Waals surface area contributed by atoms with Crippen LogP contribution in [0.2, 0.25) is 0 Å². The van der Waals surface area contributed by atoms with E-state index in [2.05, 4.69) is 9.68 Å². The van der Waals surface area contributed by atoms with Gasteiger partial charge in [-0.2, -0.15) is 0 Å². The summed E-state index contributed by atoms with van der Waals surface area (Å²) < 4.78 is 9.86. The number of carboxylic acids is 1. The van der Waals surface area contributed by atoms with Gasteiger partial charge in [0.25, 0.3) is 0 Å². The van der Waals surface area contributed by atoms with Crippen molar-refractivity contribution < 1.29 is 24.0 Å². The van der Waals surface area contributed by atoms with Crippen molar-refractivity contribution in [3.8, 4) is 0 Å². The van der Waals surface area contributed by atoms with Crippen LogP contribution in [0.15, 0.2) is 16.9 Å². The van der Waals surface area contributed by atoms with Crippen LogP contribution >= 0.6 is 0 Å². The molecule has 1 aromatic rings. The minimum absolute atomic E-state index is 0.107. The molecule has 1 amide bonds. The summed E-state index contributed by atoms with van der Waals surface area (Å²) in [6.45, 7) is 1.10. The summed E-state index contributed by atoms with van der Waals surface area (Å²) in [5.41, 5.74) is 0.542. The Morgan fingerprint density at radius 1 is 1.56 bits per heavy atom. The molecule has 98 valence electrons. The highest BCUT2D eigenvalue weighted by molar-refractivity contribution is 5.79. The molecule has 0 radical (unpaired) electrons. The second-order valence-electron chi connectivity index (χ2n) is 4.08. The molecule has 0 saturated carbocycles. The SMILES string of the molecule is O=C(O)CC1COCCN1C(=O)Cc1ccon1. The highest BCUT2D eigenvalue weighted by Crippen LogP contribution is 2.12. The van der Waals surface area contributed by atoms with Crippen molar-refractivity contribution in [2.75, 3.05) is 19.8 Å². The molecule has 0 bridgehead atoms. The van der Waals surface area contributed by atoms with Crippen LogP contribution in [0.5, 0.6) is 0 Å². The zero-order valence-corrected chi connectivity index (χ0v) is 9.74. The number of nitrogens with zero attached hydrogens (tertiary/aromatic N) is 2. The first-order valence-corrected chi connectivity index (χ1v) is 5.65. The number of ether oxygens (including phenoxy) is 1. The molecule has 1 aliphatic heterocycles. The van der Waals surface area contributed by atoms with Crippen molar-refractivity contribution in [3.05, 3.63) is 18.0 Å². The van der Waals surface area contributed by atoms with Crippen molar-refractivity contribution in [2.45, 2.75) is 18.9 Å². The molecule has 0 aromatic carbocycles. The zero-order valence-electron chi connectivity index (χ0n) is 9.74. The molecular weight excluding hydrogens is 240 g/mol. The van der Waals surface area contributed by atoms with Crippen LogP contribution in [0.3, 0.4) is 0 Å². The van der Waals surface area contributed by atoms with Crippen LogP contribution in [0.1, 0.15) is 12.1 Å². The lowest BCUT2D eigenvalue weighted by molar-refractivity contribution is -0.145. The van der Waals surface area contributed by atoms with Crippen molar-refractivity contribution in [1.82, 2.24) is 10.1 Å². The van der Waals surface area contributed by atoms with E-state index in [0.717, 1.165) is 0 Å². The van der Waals surface area contributed by atoms with Crippen LogP contribution in [0.4, 0.5) is 0 Å². The molecule has 2 heterocycles. The summed E-state index contributed by atoms with van der Waals surface area (Å²) in [6, 6.07) is 1.21. The van der Waals surface area contributed by atoms with E-state index < -0.39 is 12.0 Å². The van der Waals surface area contributed by atoms with E-state index in [1.54, 1.807) is 11.0 Å². The first kappa shape index (κ1) is 12.6. The van der Waals surface area contributed by atoms with E-state index >= 15 is 0 Å². The average Bonchev–Trinajstić information content (AvgIpc) is 2.81. The fourth-order valence-corrected chi connectivity index (χ4v) is 1.94. The maximum absolute atomic E-state index is 12.1. The third kappa shape index (κ3) is 3.07. The Bertz CT molecular complexity index is 417. The molecule has 7 heteroatoms. The third-order valence-electron chi connectivity index (χ3n) is 2.78. The molecular formula is C11H14N2O5. The molecule has 1 N–H and O–H groups in total. The Labute approximate surface area is 103 Å². The van der Waals surface area contributed by atoms with Gasteiger partial charge in [-0.25, -0.2) is 0 Å². The summed E-state index contributed by atoms with van der Waals surface area (Å²) in [7, 11) is 0. The van der Waals surface area contributed by atoms with Gasteiger partial charge in [0, 0.05) is 12.6 Å². The quantitative estimate of drug-likeness (QED) is 0.807. The predicted octanol–water partition coefficient (Wildman–Crippen LogP) is -0.0808. The van der Waals surface area contributed by atoms with E-state index in [1.807, 2.05) is 0 Å². The van der Waals surface area contributed by atoms with Gasteiger partial charge in [0.2, 0.25) is 5.91 Å². The van der Waals surface area contributed by atoms with Gasteiger partial charge in [0.05, 0.1) is 37.8 Å². The average molecular weight is 254 g/mol.